The SMILES string of the molecule is CCOC(=O)c1cnn(Cc2ccoc2C(=O)O)c1. The van der Waals surface area contributed by atoms with Gasteiger partial charge in [0.05, 0.1) is 31.2 Å². The molecular formula is C12H12N2O5. The largest absolute Gasteiger partial charge is 0.475 e. The Labute approximate surface area is 108 Å². The lowest BCUT2D eigenvalue weighted by Gasteiger charge is -2.00. The highest BCUT2D eigenvalue weighted by Gasteiger charge is 2.15. The van der Waals surface area contributed by atoms with E-state index in [2.05, 4.69) is 5.10 Å². The molecule has 0 radical (unpaired) electrons. The van der Waals surface area contributed by atoms with Gasteiger partial charge in [0.25, 0.3) is 0 Å². The van der Waals surface area contributed by atoms with Crippen molar-refractivity contribution in [2.75, 3.05) is 6.61 Å². The Bertz CT molecular complexity index is 599. The van der Waals surface area contributed by atoms with Gasteiger partial charge < -0.3 is 14.3 Å². The molecule has 0 aromatic carbocycles. The van der Waals surface area contributed by atoms with Crippen LogP contribution < -0.4 is 0 Å². The molecular weight excluding hydrogens is 252 g/mol. The maximum atomic E-state index is 11.4. The molecule has 0 fully saturated rings. The minimum absolute atomic E-state index is 0.131. The molecule has 1 N–H and O–H groups in total. The number of hydrogen-bond donors (Lipinski definition) is 1. The fraction of sp³-hybridized carbons (Fsp3) is 0.250. The molecule has 7 heteroatoms. The molecule has 100 valence electrons. The van der Waals surface area contributed by atoms with E-state index >= 15 is 0 Å². The first-order valence-corrected chi connectivity index (χ1v) is 5.61. The summed E-state index contributed by atoms with van der Waals surface area (Å²) in [6.07, 6.45) is 4.17. The number of esters is 1. The first kappa shape index (κ1) is 12.9. The molecule has 0 spiro atoms. The molecule has 0 aliphatic heterocycles. The second-order valence-corrected chi connectivity index (χ2v) is 3.73. The van der Waals surface area contributed by atoms with Crippen molar-refractivity contribution in [1.82, 2.24) is 9.78 Å². The topological polar surface area (TPSA) is 94.6 Å². The molecule has 0 aliphatic carbocycles. The summed E-state index contributed by atoms with van der Waals surface area (Å²) in [5.74, 6) is -1.73. The van der Waals surface area contributed by atoms with Gasteiger partial charge in [0.15, 0.2) is 0 Å². The average Bonchev–Trinajstić information content (AvgIpc) is 2.99. The standard InChI is InChI=1S/C12H12N2O5/c1-2-18-12(17)9-5-13-14(7-9)6-8-3-4-19-10(8)11(15)16/h3-5,7H,2,6H2,1H3,(H,15,16). The predicted octanol–water partition coefficient (Wildman–Crippen LogP) is 1.40. The van der Waals surface area contributed by atoms with E-state index < -0.39 is 11.9 Å². The highest BCUT2D eigenvalue weighted by Crippen LogP contribution is 2.12. The number of ether oxygens (including phenoxy) is 1. The molecule has 0 unspecified atom stereocenters. The zero-order valence-corrected chi connectivity index (χ0v) is 10.2. The van der Waals surface area contributed by atoms with Crippen molar-refractivity contribution in [2.24, 2.45) is 0 Å². The summed E-state index contributed by atoms with van der Waals surface area (Å²) in [6.45, 7) is 2.21. The van der Waals surface area contributed by atoms with Gasteiger partial charge in [-0.25, -0.2) is 9.59 Å². The number of carboxylic acids is 1. The van der Waals surface area contributed by atoms with E-state index in [-0.39, 0.29) is 18.9 Å². The minimum atomic E-state index is -1.14. The fourth-order valence-electron chi connectivity index (χ4n) is 1.59. The van der Waals surface area contributed by atoms with Crippen LogP contribution in [0.25, 0.3) is 0 Å². The summed E-state index contributed by atoms with van der Waals surface area (Å²) in [5.41, 5.74) is 0.799. The number of carbonyl (C=O) groups excluding carboxylic acids is 1. The molecule has 0 saturated heterocycles. The third-order valence-electron chi connectivity index (χ3n) is 2.42. The second-order valence-electron chi connectivity index (χ2n) is 3.73. The number of rotatable bonds is 5. The van der Waals surface area contributed by atoms with Gasteiger partial charge in [0, 0.05) is 11.8 Å². The highest BCUT2D eigenvalue weighted by atomic mass is 16.5. The number of furan rings is 1. The van der Waals surface area contributed by atoms with Crippen LogP contribution >= 0.6 is 0 Å². The lowest BCUT2D eigenvalue weighted by atomic mass is 10.2. The van der Waals surface area contributed by atoms with Crippen LogP contribution in [0.4, 0.5) is 0 Å². The molecule has 2 aromatic heterocycles. The summed E-state index contributed by atoms with van der Waals surface area (Å²) in [4.78, 5) is 22.3. The van der Waals surface area contributed by atoms with Crippen LogP contribution in [0.2, 0.25) is 0 Å². The van der Waals surface area contributed by atoms with Crippen molar-refractivity contribution < 1.29 is 23.8 Å². The van der Waals surface area contributed by atoms with Crippen LogP contribution in [-0.2, 0) is 11.3 Å². The summed E-state index contributed by atoms with van der Waals surface area (Å²) >= 11 is 0. The summed E-state index contributed by atoms with van der Waals surface area (Å²) < 4.78 is 11.1. The molecule has 7 nitrogen and oxygen atoms in total. The van der Waals surface area contributed by atoms with Crippen molar-refractivity contribution in [3.8, 4) is 0 Å². The van der Waals surface area contributed by atoms with Gasteiger partial charge in [-0.3, -0.25) is 4.68 Å². The Balaban J connectivity index is 2.14. The Hall–Kier alpha value is -2.57. The zero-order chi connectivity index (χ0) is 13.8. The Morgan fingerprint density at radius 2 is 2.32 bits per heavy atom. The molecule has 0 amide bonds. The fourth-order valence-corrected chi connectivity index (χ4v) is 1.59. The monoisotopic (exact) mass is 264 g/mol. The van der Waals surface area contributed by atoms with Gasteiger partial charge >= 0.3 is 11.9 Å². The van der Waals surface area contributed by atoms with Crippen LogP contribution in [0.5, 0.6) is 0 Å². The second kappa shape index (κ2) is 5.38. The Morgan fingerprint density at radius 3 is 3.00 bits per heavy atom. The third-order valence-corrected chi connectivity index (χ3v) is 2.42. The van der Waals surface area contributed by atoms with Gasteiger partial charge in [-0.1, -0.05) is 0 Å². The van der Waals surface area contributed by atoms with E-state index in [1.165, 1.54) is 23.3 Å². The molecule has 0 bridgehead atoms. The van der Waals surface area contributed by atoms with Crippen molar-refractivity contribution >= 4 is 11.9 Å². The van der Waals surface area contributed by atoms with E-state index in [1.807, 2.05) is 0 Å². The third kappa shape index (κ3) is 2.82. The van der Waals surface area contributed by atoms with Crippen molar-refractivity contribution in [2.45, 2.75) is 13.5 Å². The van der Waals surface area contributed by atoms with Gasteiger partial charge in [-0.05, 0) is 13.0 Å². The summed E-state index contributed by atoms with van der Waals surface area (Å²) in [5, 5.41) is 12.9. The number of carboxylic acid groups (broad SMARTS) is 1. The summed E-state index contributed by atoms with van der Waals surface area (Å²) in [6, 6.07) is 1.55. The number of nitrogens with zero attached hydrogens (tertiary/aromatic N) is 2. The van der Waals surface area contributed by atoms with Crippen molar-refractivity contribution in [3.63, 3.8) is 0 Å². The normalized spacial score (nSPS) is 10.4. The molecule has 0 saturated carbocycles. The van der Waals surface area contributed by atoms with Gasteiger partial charge in [0.2, 0.25) is 5.76 Å². The molecule has 2 rings (SSSR count). The van der Waals surface area contributed by atoms with Crippen LogP contribution in [-0.4, -0.2) is 33.4 Å². The average molecular weight is 264 g/mol. The van der Waals surface area contributed by atoms with E-state index in [4.69, 9.17) is 14.3 Å². The smallest absolute Gasteiger partial charge is 0.372 e. The maximum absolute atomic E-state index is 11.4. The van der Waals surface area contributed by atoms with E-state index in [1.54, 1.807) is 13.0 Å². The molecule has 2 heterocycles. The zero-order valence-electron chi connectivity index (χ0n) is 10.2. The number of aromatic nitrogens is 2. The van der Waals surface area contributed by atoms with E-state index in [0.717, 1.165) is 0 Å². The van der Waals surface area contributed by atoms with Crippen LogP contribution in [0, 0.1) is 0 Å². The van der Waals surface area contributed by atoms with Gasteiger partial charge in [-0.2, -0.15) is 5.10 Å². The van der Waals surface area contributed by atoms with Crippen LogP contribution in [0.1, 0.15) is 33.4 Å². The highest BCUT2D eigenvalue weighted by molar-refractivity contribution is 5.88. The number of carbonyl (C=O) groups is 2. The molecule has 19 heavy (non-hydrogen) atoms. The Morgan fingerprint density at radius 1 is 1.53 bits per heavy atom. The first-order chi connectivity index (χ1) is 9.11. The lowest BCUT2D eigenvalue weighted by molar-refractivity contribution is 0.0525. The van der Waals surface area contributed by atoms with Gasteiger partial charge in [-0.15, -0.1) is 0 Å². The minimum Gasteiger partial charge on any atom is -0.475 e. The maximum Gasteiger partial charge on any atom is 0.372 e. The van der Waals surface area contributed by atoms with Gasteiger partial charge in [0.1, 0.15) is 0 Å². The van der Waals surface area contributed by atoms with Crippen molar-refractivity contribution in [3.05, 3.63) is 41.6 Å². The molecule has 2 aromatic rings. The molecule has 0 atom stereocenters. The van der Waals surface area contributed by atoms with Crippen LogP contribution in [0.3, 0.4) is 0 Å². The number of hydrogen-bond acceptors (Lipinski definition) is 5. The predicted molar refractivity (Wildman–Crippen MR) is 63.0 cm³/mol. The van der Waals surface area contributed by atoms with Crippen LogP contribution in [0.15, 0.2) is 29.1 Å². The van der Waals surface area contributed by atoms with Crippen molar-refractivity contribution in [1.29, 1.82) is 0 Å². The summed E-state index contributed by atoms with van der Waals surface area (Å²) in [7, 11) is 0. The first-order valence-electron chi connectivity index (χ1n) is 5.61. The quantitative estimate of drug-likeness (QED) is 0.820. The number of aromatic carboxylic acids is 1. The lowest BCUT2D eigenvalue weighted by Crippen LogP contribution is -2.06. The Kier molecular flexibility index (Phi) is 3.65. The molecule has 0 aliphatic rings. The van der Waals surface area contributed by atoms with E-state index in [0.29, 0.717) is 11.1 Å². The van der Waals surface area contributed by atoms with E-state index in [9.17, 15) is 9.59 Å².